The van der Waals surface area contributed by atoms with E-state index in [4.69, 9.17) is 16.1 Å². The summed E-state index contributed by atoms with van der Waals surface area (Å²) in [6.45, 7) is 2.29. The summed E-state index contributed by atoms with van der Waals surface area (Å²) >= 11 is 5.93. The molecule has 0 radical (unpaired) electrons. The lowest BCUT2D eigenvalue weighted by molar-refractivity contribution is 0.0950. The van der Waals surface area contributed by atoms with Crippen LogP contribution in [0, 0.1) is 0 Å². The molecule has 3 aromatic heterocycles. The van der Waals surface area contributed by atoms with E-state index in [2.05, 4.69) is 32.6 Å². The van der Waals surface area contributed by atoms with E-state index in [9.17, 15) is 4.79 Å². The summed E-state index contributed by atoms with van der Waals surface area (Å²) in [7, 11) is 0. The third-order valence-corrected chi connectivity index (χ3v) is 4.40. The largest absolute Gasteiger partial charge is 0.345 e. The highest BCUT2D eigenvalue weighted by Gasteiger charge is 2.13. The molecule has 0 aliphatic heterocycles. The number of hydrogen-bond donors (Lipinski definition) is 1. The summed E-state index contributed by atoms with van der Waals surface area (Å²) in [5.74, 6) is 1.51. The first-order chi connectivity index (χ1) is 13.6. The van der Waals surface area contributed by atoms with E-state index in [1.807, 2.05) is 18.3 Å². The smallest absolute Gasteiger partial charge is 0.258 e. The third-order valence-electron chi connectivity index (χ3n) is 4.16. The monoisotopic (exact) mass is 396 g/mol. The first-order valence-corrected chi connectivity index (χ1v) is 9.22. The van der Waals surface area contributed by atoms with Gasteiger partial charge < -0.3 is 9.84 Å². The van der Waals surface area contributed by atoms with Crippen molar-refractivity contribution >= 4 is 23.2 Å². The topological polar surface area (TPSA) is 98.2 Å². The lowest BCUT2D eigenvalue weighted by Gasteiger charge is -2.05. The Bertz CT molecular complexity index is 1140. The van der Waals surface area contributed by atoms with Crippen LogP contribution < -0.4 is 5.32 Å². The number of carbonyl (C=O) groups excluding carboxylic acids is 1. The minimum atomic E-state index is -0.231. The highest BCUT2D eigenvalue weighted by atomic mass is 35.5. The number of aromatic nitrogens is 5. The number of halogens is 1. The summed E-state index contributed by atoms with van der Waals surface area (Å²) in [6, 6.07) is 10.4. The Hall–Kier alpha value is -3.26. The fourth-order valence-corrected chi connectivity index (χ4v) is 2.97. The Morgan fingerprint density at radius 3 is 2.96 bits per heavy atom. The molecule has 0 saturated carbocycles. The summed E-state index contributed by atoms with van der Waals surface area (Å²) in [6.07, 6.45) is 3.54. The number of fused-ring (bicyclic) bond motifs is 1. The van der Waals surface area contributed by atoms with Gasteiger partial charge in [0.05, 0.1) is 6.54 Å². The van der Waals surface area contributed by atoms with E-state index in [-0.39, 0.29) is 12.5 Å². The van der Waals surface area contributed by atoms with E-state index in [1.54, 1.807) is 28.7 Å². The number of carbonyl (C=O) groups is 1. The van der Waals surface area contributed by atoms with Crippen molar-refractivity contribution in [1.82, 2.24) is 30.1 Å². The van der Waals surface area contributed by atoms with Crippen molar-refractivity contribution < 1.29 is 9.32 Å². The zero-order valence-corrected chi connectivity index (χ0v) is 15.8. The Morgan fingerprint density at radius 1 is 1.25 bits per heavy atom. The molecule has 3 heterocycles. The molecule has 28 heavy (non-hydrogen) atoms. The Labute approximate surface area is 165 Å². The molecule has 0 fully saturated rings. The van der Waals surface area contributed by atoms with Gasteiger partial charge >= 0.3 is 0 Å². The maximum atomic E-state index is 12.3. The normalized spacial score (nSPS) is 11.1. The lowest BCUT2D eigenvalue weighted by atomic mass is 10.2. The quantitative estimate of drug-likeness (QED) is 0.536. The van der Waals surface area contributed by atoms with Gasteiger partial charge in [-0.25, -0.2) is 0 Å². The molecule has 1 amide bonds. The molecule has 0 aliphatic rings. The number of hydrogen-bond acceptors (Lipinski definition) is 6. The standard InChI is InChI=1S/C19H17ClN6O2/c1-2-4-15-22-19(28-25-15)13-7-8-26-16(10-13)23-24-17(26)11-21-18(27)12-5-3-6-14(20)9-12/h3,5-10H,2,4,11H2,1H3,(H,21,27). The van der Waals surface area contributed by atoms with Crippen molar-refractivity contribution in [3.05, 3.63) is 64.8 Å². The second-order valence-electron chi connectivity index (χ2n) is 6.22. The van der Waals surface area contributed by atoms with Gasteiger partial charge in [0.1, 0.15) is 0 Å². The van der Waals surface area contributed by atoms with Crippen molar-refractivity contribution in [3.8, 4) is 11.5 Å². The summed E-state index contributed by atoms with van der Waals surface area (Å²) < 4.78 is 7.11. The average molecular weight is 397 g/mol. The van der Waals surface area contributed by atoms with Crippen LogP contribution >= 0.6 is 11.6 Å². The maximum absolute atomic E-state index is 12.3. The highest BCUT2D eigenvalue weighted by molar-refractivity contribution is 6.30. The number of aryl methyl sites for hydroxylation is 1. The number of nitrogens with zero attached hydrogens (tertiary/aromatic N) is 5. The summed E-state index contributed by atoms with van der Waals surface area (Å²) in [5, 5.41) is 15.6. The van der Waals surface area contributed by atoms with Gasteiger partial charge in [-0.05, 0) is 36.8 Å². The van der Waals surface area contributed by atoms with Gasteiger partial charge in [0.15, 0.2) is 17.3 Å². The second kappa shape index (κ2) is 7.77. The van der Waals surface area contributed by atoms with Crippen LogP contribution in [0.1, 0.15) is 35.4 Å². The molecule has 0 spiro atoms. The fraction of sp³-hybridized carbons (Fsp3) is 0.211. The van der Waals surface area contributed by atoms with Gasteiger partial charge in [0.2, 0.25) is 0 Å². The van der Waals surface area contributed by atoms with Crippen molar-refractivity contribution in [1.29, 1.82) is 0 Å². The molecule has 4 aromatic rings. The Kier molecular flexibility index (Phi) is 5.03. The molecule has 0 bridgehead atoms. The van der Waals surface area contributed by atoms with Gasteiger partial charge in [-0.1, -0.05) is 29.7 Å². The number of benzene rings is 1. The maximum Gasteiger partial charge on any atom is 0.258 e. The Balaban J connectivity index is 1.50. The molecule has 9 heteroatoms. The number of amides is 1. The van der Waals surface area contributed by atoms with Crippen LogP contribution in [0.2, 0.25) is 5.02 Å². The molecule has 0 unspecified atom stereocenters. The van der Waals surface area contributed by atoms with Crippen LogP contribution in [0.4, 0.5) is 0 Å². The van der Waals surface area contributed by atoms with Crippen LogP contribution in [-0.2, 0) is 13.0 Å². The summed E-state index contributed by atoms with van der Waals surface area (Å²) in [5.41, 5.74) is 1.88. The average Bonchev–Trinajstić information content (AvgIpc) is 3.33. The first kappa shape index (κ1) is 18.1. The molecule has 1 N–H and O–H groups in total. The van der Waals surface area contributed by atoms with Crippen LogP contribution in [0.25, 0.3) is 17.1 Å². The van der Waals surface area contributed by atoms with Gasteiger partial charge in [-0.15, -0.1) is 10.2 Å². The molecule has 4 rings (SSSR count). The lowest BCUT2D eigenvalue weighted by Crippen LogP contribution is -2.23. The minimum absolute atomic E-state index is 0.229. The van der Waals surface area contributed by atoms with Crippen molar-refractivity contribution in [2.75, 3.05) is 0 Å². The summed E-state index contributed by atoms with van der Waals surface area (Å²) in [4.78, 5) is 16.6. The van der Waals surface area contributed by atoms with Crippen molar-refractivity contribution in [2.45, 2.75) is 26.3 Å². The first-order valence-electron chi connectivity index (χ1n) is 8.84. The van der Waals surface area contributed by atoms with E-state index in [0.717, 1.165) is 18.4 Å². The van der Waals surface area contributed by atoms with Crippen LogP contribution in [0.5, 0.6) is 0 Å². The molecule has 0 atom stereocenters. The van der Waals surface area contributed by atoms with Crippen LogP contribution in [0.15, 0.2) is 47.1 Å². The predicted octanol–water partition coefficient (Wildman–Crippen LogP) is 3.32. The molecule has 1 aromatic carbocycles. The van der Waals surface area contributed by atoms with E-state index < -0.39 is 0 Å². The van der Waals surface area contributed by atoms with Gasteiger partial charge in [-0.2, -0.15) is 4.98 Å². The van der Waals surface area contributed by atoms with Gasteiger partial charge in [0.25, 0.3) is 11.8 Å². The van der Waals surface area contributed by atoms with E-state index in [1.165, 1.54) is 0 Å². The van der Waals surface area contributed by atoms with Crippen LogP contribution in [-0.4, -0.2) is 30.6 Å². The Morgan fingerprint density at radius 2 is 2.14 bits per heavy atom. The van der Waals surface area contributed by atoms with E-state index >= 15 is 0 Å². The second-order valence-corrected chi connectivity index (χ2v) is 6.66. The third kappa shape index (κ3) is 3.72. The van der Waals surface area contributed by atoms with Crippen LogP contribution in [0.3, 0.4) is 0 Å². The van der Waals surface area contributed by atoms with Gasteiger partial charge in [-0.3, -0.25) is 9.20 Å². The molecule has 142 valence electrons. The zero-order chi connectivity index (χ0) is 19.5. The van der Waals surface area contributed by atoms with Crippen molar-refractivity contribution in [3.63, 3.8) is 0 Å². The van der Waals surface area contributed by atoms with E-state index in [0.29, 0.717) is 33.8 Å². The zero-order valence-electron chi connectivity index (χ0n) is 15.1. The number of nitrogens with one attached hydrogen (secondary N) is 1. The fourth-order valence-electron chi connectivity index (χ4n) is 2.78. The highest BCUT2D eigenvalue weighted by Crippen LogP contribution is 2.19. The molecular formula is C19H17ClN6O2. The molecule has 8 nitrogen and oxygen atoms in total. The van der Waals surface area contributed by atoms with Crippen molar-refractivity contribution in [2.24, 2.45) is 0 Å². The molecule has 0 aliphatic carbocycles. The number of rotatable bonds is 6. The predicted molar refractivity (Wildman–Crippen MR) is 103 cm³/mol. The van der Waals surface area contributed by atoms with Gasteiger partial charge in [0, 0.05) is 28.8 Å². The SMILES string of the molecule is CCCc1noc(-c2ccn3c(CNC(=O)c4cccc(Cl)c4)nnc3c2)n1. The molecule has 0 saturated heterocycles. The number of pyridine rings is 1. The minimum Gasteiger partial charge on any atom is -0.345 e. The molecular weight excluding hydrogens is 380 g/mol.